The molecule has 2 N–H and O–H groups in total. The van der Waals surface area contributed by atoms with Crippen molar-refractivity contribution in [2.45, 2.75) is 26.3 Å². The number of hydrogen-bond donors (Lipinski definition) is 1. The standard InChI is InChI=1S/C16H17N5O2/c1-10(2)20-14-6-7-18-16(17)15(14)13(19-20)9-11-4-3-5-12(8-11)21(22)23/h3-8,10H,9H2,1-2H3,(H2,17,18). The van der Waals surface area contributed by atoms with E-state index in [-0.39, 0.29) is 11.7 Å². The molecular weight excluding hydrogens is 294 g/mol. The van der Waals surface area contributed by atoms with Gasteiger partial charge < -0.3 is 5.73 Å². The van der Waals surface area contributed by atoms with Crippen LogP contribution in [-0.4, -0.2) is 19.7 Å². The number of rotatable bonds is 4. The Hall–Kier alpha value is -2.96. The highest BCUT2D eigenvalue weighted by atomic mass is 16.6. The third-order valence-corrected chi connectivity index (χ3v) is 3.70. The van der Waals surface area contributed by atoms with Gasteiger partial charge in [-0.1, -0.05) is 12.1 Å². The number of nitrogens with zero attached hydrogens (tertiary/aromatic N) is 4. The van der Waals surface area contributed by atoms with Crippen molar-refractivity contribution < 1.29 is 4.92 Å². The van der Waals surface area contributed by atoms with Crippen molar-refractivity contribution in [3.63, 3.8) is 0 Å². The fourth-order valence-electron chi connectivity index (χ4n) is 2.68. The summed E-state index contributed by atoms with van der Waals surface area (Å²) in [6.07, 6.45) is 2.13. The van der Waals surface area contributed by atoms with Crippen LogP contribution in [0.25, 0.3) is 10.9 Å². The van der Waals surface area contributed by atoms with E-state index in [0.717, 1.165) is 22.2 Å². The molecule has 3 aromatic rings. The van der Waals surface area contributed by atoms with E-state index < -0.39 is 4.92 Å². The van der Waals surface area contributed by atoms with E-state index in [1.54, 1.807) is 18.3 Å². The van der Waals surface area contributed by atoms with Crippen LogP contribution >= 0.6 is 0 Å². The van der Waals surface area contributed by atoms with Crippen molar-refractivity contribution >= 4 is 22.4 Å². The minimum absolute atomic E-state index is 0.0706. The molecule has 0 amide bonds. The first-order valence-electron chi connectivity index (χ1n) is 7.32. The fourth-order valence-corrected chi connectivity index (χ4v) is 2.68. The Balaban J connectivity index is 2.10. The highest BCUT2D eigenvalue weighted by Crippen LogP contribution is 2.27. The summed E-state index contributed by atoms with van der Waals surface area (Å²) in [4.78, 5) is 14.7. The van der Waals surface area contributed by atoms with Crippen LogP contribution in [0.1, 0.15) is 31.1 Å². The SMILES string of the molecule is CC(C)n1nc(Cc2cccc([N+](=O)[O-])c2)c2c(N)nccc21. The molecule has 0 saturated carbocycles. The summed E-state index contributed by atoms with van der Waals surface area (Å²) in [5.41, 5.74) is 8.62. The van der Waals surface area contributed by atoms with Gasteiger partial charge >= 0.3 is 0 Å². The Morgan fingerprint density at radius 1 is 1.35 bits per heavy atom. The molecule has 0 saturated heterocycles. The van der Waals surface area contributed by atoms with E-state index in [1.165, 1.54) is 6.07 Å². The minimum atomic E-state index is -0.399. The normalized spacial score (nSPS) is 11.3. The maximum atomic E-state index is 10.9. The molecule has 0 bridgehead atoms. The molecule has 1 aromatic carbocycles. The van der Waals surface area contributed by atoms with Gasteiger partial charge in [0, 0.05) is 30.8 Å². The zero-order valence-corrected chi connectivity index (χ0v) is 12.9. The Bertz CT molecular complexity index is 885. The van der Waals surface area contributed by atoms with Crippen molar-refractivity contribution in [2.24, 2.45) is 0 Å². The van der Waals surface area contributed by atoms with E-state index in [4.69, 9.17) is 5.73 Å². The molecule has 7 heteroatoms. The molecule has 0 atom stereocenters. The first-order valence-corrected chi connectivity index (χ1v) is 7.32. The van der Waals surface area contributed by atoms with Crippen molar-refractivity contribution in [1.82, 2.24) is 14.8 Å². The van der Waals surface area contributed by atoms with Gasteiger partial charge in [0.1, 0.15) is 5.82 Å². The maximum Gasteiger partial charge on any atom is 0.269 e. The van der Waals surface area contributed by atoms with Crippen LogP contribution in [0.3, 0.4) is 0 Å². The predicted octanol–water partition coefficient (Wildman–Crippen LogP) is 3.09. The van der Waals surface area contributed by atoms with Gasteiger partial charge in [-0.25, -0.2) is 4.98 Å². The number of non-ortho nitro benzene ring substituents is 1. The summed E-state index contributed by atoms with van der Waals surface area (Å²) >= 11 is 0. The summed E-state index contributed by atoms with van der Waals surface area (Å²) in [7, 11) is 0. The number of nitrogens with two attached hydrogens (primary N) is 1. The first kappa shape index (κ1) is 15.0. The quantitative estimate of drug-likeness (QED) is 0.589. The van der Waals surface area contributed by atoms with E-state index in [1.807, 2.05) is 30.7 Å². The second-order valence-electron chi connectivity index (χ2n) is 5.68. The Labute approximate surface area is 132 Å². The maximum absolute atomic E-state index is 10.9. The van der Waals surface area contributed by atoms with Crippen LogP contribution in [0.15, 0.2) is 36.5 Å². The second kappa shape index (κ2) is 5.68. The monoisotopic (exact) mass is 311 g/mol. The number of nitrogen functional groups attached to an aromatic ring is 1. The molecule has 2 aromatic heterocycles. The second-order valence-corrected chi connectivity index (χ2v) is 5.68. The molecule has 2 heterocycles. The number of anilines is 1. The Morgan fingerprint density at radius 3 is 2.83 bits per heavy atom. The molecule has 3 rings (SSSR count). The Kier molecular flexibility index (Phi) is 3.69. The summed E-state index contributed by atoms with van der Waals surface area (Å²) < 4.78 is 1.90. The third kappa shape index (κ3) is 2.73. The summed E-state index contributed by atoms with van der Waals surface area (Å²) in [6.45, 7) is 4.08. The zero-order chi connectivity index (χ0) is 16.6. The summed E-state index contributed by atoms with van der Waals surface area (Å²) in [5.74, 6) is 0.426. The number of nitro benzene ring substituents is 1. The lowest BCUT2D eigenvalue weighted by molar-refractivity contribution is -0.384. The number of fused-ring (bicyclic) bond motifs is 1. The number of hydrogen-bond acceptors (Lipinski definition) is 5. The molecule has 0 aliphatic heterocycles. The lowest BCUT2D eigenvalue weighted by atomic mass is 10.1. The van der Waals surface area contributed by atoms with Crippen LogP contribution in [0.2, 0.25) is 0 Å². The predicted molar refractivity (Wildman–Crippen MR) is 88.2 cm³/mol. The van der Waals surface area contributed by atoms with Crippen LogP contribution in [0.5, 0.6) is 0 Å². The molecule has 118 valence electrons. The van der Waals surface area contributed by atoms with Gasteiger partial charge in [0.05, 0.1) is 21.5 Å². The van der Waals surface area contributed by atoms with E-state index >= 15 is 0 Å². The van der Waals surface area contributed by atoms with Gasteiger partial charge in [0.15, 0.2) is 0 Å². The van der Waals surface area contributed by atoms with Crippen molar-refractivity contribution in [3.05, 3.63) is 57.9 Å². The average molecular weight is 311 g/mol. The third-order valence-electron chi connectivity index (χ3n) is 3.70. The lowest BCUT2D eigenvalue weighted by Gasteiger charge is -2.06. The van der Waals surface area contributed by atoms with Crippen LogP contribution in [-0.2, 0) is 6.42 Å². The van der Waals surface area contributed by atoms with Gasteiger partial charge in [0.2, 0.25) is 0 Å². The number of nitro groups is 1. The fraction of sp³-hybridized carbons (Fsp3) is 0.250. The molecule has 0 radical (unpaired) electrons. The Morgan fingerprint density at radius 2 is 2.13 bits per heavy atom. The lowest BCUT2D eigenvalue weighted by Crippen LogP contribution is -2.03. The van der Waals surface area contributed by atoms with Gasteiger partial charge in [0.25, 0.3) is 5.69 Å². The molecule has 0 spiro atoms. The van der Waals surface area contributed by atoms with Crippen LogP contribution in [0.4, 0.5) is 11.5 Å². The smallest absolute Gasteiger partial charge is 0.269 e. The highest BCUT2D eigenvalue weighted by Gasteiger charge is 2.16. The summed E-state index contributed by atoms with van der Waals surface area (Å²) in [5, 5.41) is 16.4. The van der Waals surface area contributed by atoms with E-state index in [2.05, 4.69) is 10.1 Å². The topological polar surface area (TPSA) is 99.9 Å². The van der Waals surface area contributed by atoms with Gasteiger partial charge in [-0.3, -0.25) is 14.8 Å². The van der Waals surface area contributed by atoms with Crippen molar-refractivity contribution in [1.29, 1.82) is 0 Å². The molecule has 0 unspecified atom stereocenters. The molecule has 0 aliphatic rings. The van der Waals surface area contributed by atoms with E-state index in [0.29, 0.717) is 12.2 Å². The molecule has 23 heavy (non-hydrogen) atoms. The van der Waals surface area contributed by atoms with E-state index in [9.17, 15) is 10.1 Å². The molecule has 0 aliphatic carbocycles. The van der Waals surface area contributed by atoms with Gasteiger partial charge in [-0.15, -0.1) is 0 Å². The van der Waals surface area contributed by atoms with Crippen molar-refractivity contribution in [3.8, 4) is 0 Å². The number of benzene rings is 1. The van der Waals surface area contributed by atoms with Gasteiger partial charge in [-0.05, 0) is 25.5 Å². The highest BCUT2D eigenvalue weighted by molar-refractivity contribution is 5.91. The van der Waals surface area contributed by atoms with Gasteiger partial charge in [-0.2, -0.15) is 5.10 Å². The summed E-state index contributed by atoms with van der Waals surface area (Å²) in [6, 6.07) is 8.63. The number of aromatic nitrogens is 3. The van der Waals surface area contributed by atoms with Crippen molar-refractivity contribution in [2.75, 3.05) is 5.73 Å². The van der Waals surface area contributed by atoms with Crippen LogP contribution < -0.4 is 5.73 Å². The zero-order valence-electron chi connectivity index (χ0n) is 12.9. The number of pyridine rings is 1. The average Bonchev–Trinajstić information content (AvgIpc) is 2.88. The largest absolute Gasteiger partial charge is 0.383 e. The molecule has 7 nitrogen and oxygen atoms in total. The molecule has 0 fully saturated rings. The molecular formula is C16H17N5O2. The minimum Gasteiger partial charge on any atom is -0.383 e. The van der Waals surface area contributed by atoms with Crippen LogP contribution in [0, 0.1) is 10.1 Å². The first-order chi connectivity index (χ1) is 11.0.